The van der Waals surface area contributed by atoms with Crippen molar-refractivity contribution in [3.8, 4) is 0 Å². The number of nitrogens with zero attached hydrogens (tertiary/aromatic N) is 1. The summed E-state index contributed by atoms with van der Waals surface area (Å²) in [6, 6.07) is 4.84. The first-order valence-corrected chi connectivity index (χ1v) is 8.85. The first kappa shape index (κ1) is 15.6. The number of carbonyl (C=O) groups is 1. The van der Waals surface area contributed by atoms with Gasteiger partial charge in [-0.2, -0.15) is 0 Å². The van der Waals surface area contributed by atoms with Gasteiger partial charge in [-0.25, -0.2) is 4.39 Å². The van der Waals surface area contributed by atoms with Crippen LogP contribution in [0.1, 0.15) is 50.0 Å². The molecule has 2 fully saturated rings. The Balaban J connectivity index is 1.46. The molecular formula is C19H23FN2O2. The maximum Gasteiger partial charge on any atom is 0.254 e. The SMILES string of the molecule is O=C(N1CCC(c2c[nH]c3cc(F)ccc23)CC1)C1(O)CCCC1. The van der Waals surface area contributed by atoms with Crippen molar-refractivity contribution in [3.63, 3.8) is 0 Å². The topological polar surface area (TPSA) is 56.3 Å². The Morgan fingerprint density at radius 2 is 1.96 bits per heavy atom. The zero-order valence-corrected chi connectivity index (χ0v) is 13.7. The van der Waals surface area contributed by atoms with Gasteiger partial charge in [0.05, 0.1) is 0 Å². The predicted molar refractivity (Wildman–Crippen MR) is 90.2 cm³/mol. The van der Waals surface area contributed by atoms with Gasteiger partial charge in [0.1, 0.15) is 11.4 Å². The fraction of sp³-hybridized carbons (Fsp3) is 0.526. The van der Waals surface area contributed by atoms with Crippen LogP contribution in [0, 0.1) is 5.82 Å². The van der Waals surface area contributed by atoms with Gasteiger partial charge in [-0.05, 0) is 68.2 Å². The van der Waals surface area contributed by atoms with Gasteiger partial charge in [-0.15, -0.1) is 0 Å². The van der Waals surface area contributed by atoms with Gasteiger partial charge >= 0.3 is 0 Å². The molecule has 2 aromatic rings. The Labute approximate surface area is 140 Å². The summed E-state index contributed by atoms with van der Waals surface area (Å²) in [7, 11) is 0. The van der Waals surface area contributed by atoms with Crippen LogP contribution in [-0.2, 0) is 4.79 Å². The number of piperidine rings is 1. The lowest BCUT2D eigenvalue weighted by atomic mass is 9.88. The summed E-state index contributed by atoms with van der Waals surface area (Å²) in [5, 5.41) is 11.6. The van der Waals surface area contributed by atoms with Crippen LogP contribution in [0.5, 0.6) is 0 Å². The maximum absolute atomic E-state index is 13.3. The summed E-state index contributed by atoms with van der Waals surface area (Å²) in [6.07, 6.45) is 6.80. The molecule has 0 radical (unpaired) electrons. The van der Waals surface area contributed by atoms with E-state index < -0.39 is 5.60 Å². The molecule has 2 aliphatic rings. The quantitative estimate of drug-likeness (QED) is 0.887. The highest BCUT2D eigenvalue weighted by Crippen LogP contribution is 2.36. The van der Waals surface area contributed by atoms with Gasteiger partial charge in [0.15, 0.2) is 0 Å². The summed E-state index contributed by atoms with van der Waals surface area (Å²) < 4.78 is 13.3. The molecular weight excluding hydrogens is 307 g/mol. The first-order chi connectivity index (χ1) is 11.6. The summed E-state index contributed by atoms with van der Waals surface area (Å²) in [5.41, 5.74) is 0.908. The number of carbonyl (C=O) groups excluding carboxylic acids is 1. The van der Waals surface area contributed by atoms with Crippen molar-refractivity contribution >= 4 is 16.8 Å². The maximum atomic E-state index is 13.3. The van der Waals surface area contributed by atoms with Crippen LogP contribution in [-0.4, -0.2) is 39.6 Å². The van der Waals surface area contributed by atoms with E-state index in [1.165, 1.54) is 17.7 Å². The third-order valence-corrected chi connectivity index (χ3v) is 5.73. The Morgan fingerprint density at radius 1 is 1.25 bits per heavy atom. The zero-order valence-electron chi connectivity index (χ0n) is 13.7. The van der Waals surface area contributed by atoms with Crippen molar-refractivity contribution in [2.75, 3.05) is 13.1 Å². The molecule has 128 valence electrons. The zero-order chi connectivity index (χ0) is 16.7. The van der Waals surface area contributed by atoms with Gasteiger partial charge < -0.3 is 15.0 Å². The molecule has 2 heterocycles. The third-order valence-electron chi connectivity index (χ3n) is 5.73. The number of benzene rings is 1. The van der Waals surface area contributed by atoms with E-state index in [1.54, 1.807) is 0 Å². The highest BCUT2D eigenvalue weighted by Gasteiger charge is 2.42. The van der Waals surface area contributed by atoms with E-state index in [0.717, 1.165) is 36.6 Å². The molecule has 0 bridgehead atoms. The first-order valence-electron chi connectivity index (χ1n) is 8.85. The Morgan fingerprint density at radius 3 is 2.67 bits per heavy atom. The van der Waals surface area contributed by atoms with E-state index in [1.807, 2.05) is 17.2 Å². The molecule has 1 aromatic carbocycles. The second-order valence-corrected chi connectivity index (χ2v) is 7.24. The number of aliphatic hydroxyl groups is 1. The van der Waals surface area contributed by atoms with Gasteiger partial charge in [-0.3, -0.25) is 4.79 Å². The molecule has 1 aliphatic heterocycles. The van der Waals surface area contributed by atoms with Crippen LogP contribution in [0.25, 0.3) is 10.9 Å². The van der Waals surface area contributed by atoms with Gasteiger partial charge in [0.2, 0.25) is 0 Å². The number of nitrogens with one attached hydrogen (secondary N) is 1. The minimum atomic E-state index is -1.12. The minimum Gasteiger partial charge on any atom is -0.380 e. The lowest BCUT2D eigenvalue weighted by Crippen LogP contribution is -2.49. The van der Waals surface area contributed by atoms with Crippen molar-refractivity contribution in [2.45, 2.75) is 50.0 Å². The predicted octanol–water partition coefficient (Wildman–Crippen LogP) is 3.32. The van der Waals surface area contributed by atoms with E-state index in [-0.39, 0.29) is 11.7 Å². The smallest absolute Gasteiger partial charge is 0.254 e. The highest BCUT2D eigenvalue weighted by atomic mass is 19.1. The summed E-state index contributed by atoms with van der Waals surface area (Å²) in [4.78, 5) is 17.6. The van der Waals surface area contributed by atoms with Gasteiger partial charge in [0.25, 0.3) is 5.91 Å². The number of hydrogen-bond donors (Lipinski definition) is 2. The number of amides is 1. The van der Waals surface area contributed by atoms with Crippen molar-refractivity contribution < 1.29 is 14.3 Å². The largest absolute Gasteiger partial charge is 0.380 e. The van der Waals surface area contributed by atoms with Crippen LogP contribution < -0.4 is 0 Å². The second-order valence-electron chi connectivity index (χ2n) is 7.24. The van der Waals surface area contributed by atoms with Crippen molar-refractivity contribution in [3.05, 3.63) is 35.8 Å². The number of likely N-dealkylation sites (tertiary alicyclic amines) is 1. The van der Waals surface area contributed by atoms with E-state index in [4.69, 9.17) is 0 Å². The molecule has 4 nitrogen and oxygen atoms in total. The number of fused-ring (bicyclic) bond motifs is 1. The molecule has 1 saturated carbocycles. The number of hydrogen-bond acceptors (Lipinski definition) is 2. The van der Waals surface area contributed by atoms with Crippen molar-refractivity contribution in [1.29, 1.82) is 0 Å². The van der Waals surface area contributed by atoms with E-state index in [2.05, 4.69) is 4.98 Å². The van der Waals surface area contributed by atoms with Crippen molar-refractivity contribution in [2.24, 2.45) is 0 Å². The monoisotopic (exact) mass is 330 g/mol. The number of H-pyrrole nitrogens is 1. The highest BCUT2D eigenvalue weighted by molar-refractivity contribution is 5.86. The van der Waals surface area contributed by atoms with E-state index in [9.17, 15) is 14.3 Å². The average Bonchev–Trinajstić information content (AvgIpc) is 3.21. The fourth-order valence-electron chi connectivity index (χ4n) is 4.32. The molecule has 1 aromatic heterocycles. The van der Waals surface area contributed by atoms with Crippen LogP contribution in [0.2, 0.25) is 0 Å². The van der Waals surface area contributed by atoms with E-state index >= 15 is 0 Å². The average molecular weight is 330 g/mol. The second kappa shape index (κ2) is 5.88. The summed E-state index contributed by atoms with van der Waals surface area (Å²) >= 11 is 0. The van der Waals surface area contributed by atoms with Crippen LogP contribution in [0.4, 0.5) is 4.39 Å². The van der Waals surface area contributed by atoms with E-state index in [0.29, 0.717) is 31.8 Å². The standard InChI is InChI=1S/C19H23FN2O2/c20-14-3-4-15-16(12-21-17(15)11-14)13-5-9-22(10-6-13)18(23)19(24)7-1-2-8-19/h3-4,11-13,21,24H,1-2,5-10H2. The van der Waals surface area contributed by atoms with Crippen LogP contribution in [0.3, 0.4) is 0 Å². The summed E-state index contributed by atoms with van der Waals surface area (Å²) in [6.45, 7) is 1.36. The number of rotatable bonds is 2. The Bertz CT molecular complexity index is 756. The molecule has 1 amide bonds. The molecule has 1 saturated heterocycles. The minimum absolute atomic E-state index is 0.0838. The molecule has 1 aliphatic carbocycles. The van der Waals surface area contributed by atoms with Crippen molar-refractivity contribution in [1.82, 2.24) is 9.88 Å². The lowest BCUT2D eigenvalue weighted by Gasteiger charge is -2.36. The molecule has 0 unspecified atom stereocenters. The Kier molecular flexibility index (Phi) is 3.83. The molecule has 4 rings (SSSR count). The molecule has 5 heteroatoms. The van der Waals surface area contributed by atoms with Crippen LogP contribution in [0.15, 0.2) is 24.4 Å². The molecule has 0 spiro atoms. The molecule has 2 N–H and O–H groups in total. The van der Waals surface area contributed by atoms with Crippen LogP contribution >= 0.6 is 0 Å². The fourth-order valence-corrected chi connectivity index (χ4v) is 4.32. The normalized spacial score (nSPS) is 21.5. The number of aromatic nitrogens is 1. The number of halogens is 1. The van der Waals surface area contributed by atoms with Gasteiger partial charge in [-0.1, -0.05) is 0 Å². The summed E-state index contributed by atoms with van der Waals surface area (Å²) in [5.74, 6) is 0.0482. The Hall–Kier alpha value is -1.88. The molecule has 24 heavy (non-hydrogen) atoms. The molecule has 0 atom stereocenters. The van der Waals surface area contributed by atoms with Gasteiger partial charge in [0, 0.05) is 30.2 Å². The lowest BCUT2D eigenvalue weighted by molar-refractivity contribution is -0.151. The third kappa shape index (κ3) is 2.61. The number of aromatic amines is 1.